The van der Waals surface area contributed by atoms with E-state index >= 15 is 0 Å². The fraction of sp³-hybridized carbons (Fsp3) is 0.500. The highest BCUT2D eigenvalue weighted by Gasteiger charge is 2.40. The number of rotatable bonds is 3. The summed E-state index contributed by atoms with van der Waals surface area (Å²) >= 11 is 0. The first-order chi connectivity index (χ1) is 9.60. The Balaban J connectivity index is 1.76. The van der Waals surface area contributed by atoms with Crippen LogP contribution in [-0.4, -0.2) is 38.3 Å². The lowest BCUT2D eigenvalue weighted by atomic mass is 9.95. The Morgan fingerprint density at radius 3 is 2.60 bits per heavy atom. The minimum absolute atomic E-state index is 0.148. The first-order valence-corrected chi connectivity index (χ1v) is 8.41. The topological polar surface area (TPSA) is 66.5 Å². The van der Waals surface area contributed by atoms with E-state index in [1.807, 2.05) is 0 Å². The molecule has 0 aliphatic carbocycles. The van der Waals surface area contributed by atoms with Gasteiger partial charge in [-0.2, -0.15) is 0 Å². The van der Waals surface area contributed by atoms with Crippen LogP contribution < -0.4 is 5.32 Å². The predicted molar refractivity (Wildman–Crippen MR) is 74.9 cm³/mol. The molecule has 0 atom stereocenters. The molecular weight excluding hydrogens is 276 g/mol. The molecular formula is C14H18N2O3S. The molecule has 108 valence electrons. The van der Waals surface area contributed by atoms with Crippen LogP contribution in [0.4, 0.5) is 0 Å². The molecule has 3 rings (SSSR count). The Kier molecular flexibility index (Phi) is 3.52. The molecule has 1 aromatic carbocycles. The number of piperidine rings is 1. The van der Waals surface area contributed by atoms with Crippen molar-refractivity contribution >= 4 is 15.9 Å². The van der Waals surface area contributed by atoms with Crippen LogP contribution in [0.1, 0.15) is 29.6 Å². The molecule has 2 aliphatic heterocycles. The smallest absolute Gasteiger partial charge is 0.269 e. The summed E-state index contributed by atoms with van der Waals surface area (Å²) in [5, 5.41) is 3.28. The molecule has 0 radical (unpaired) electrons. The van der Waals surface area contributed by atoms with E-state index < -0.39 is 10.0 Å². The number of nitrogens with one attached hydrogen (secondary N) is 1. The first kappa shape index (κ1) is 13.6. The normalized spacial score (nSPS) is 22.0. The lowest BCUT2D eigenvalue weighted by molar-refractivity contribution is 0.0864. The van der Waals surface area contributed by atoms with Crippen LogP contribution in [0, 0.1) is 5.92 Å². The molecule has 0 spiro atoms. The number of hydrogen-bond acceptors (Lipinski definition) is 4. The first-order valence-electron chi connectivity index (χ1n) is 6.97. The summed E-state index contributed by atoms with van der Waals surface area (Å²) in [6.07, 6.45) is 2.85. The molecule has 0 saturated carbocycles. The van der Waals surface area contributed by atoms with Crippen molar-refractivity contribution < 1.29 is 13.2 Å². The summed E-state index contributed by atoms with van der Waals surface area (Å²) in [6, 6.07) is 6.44. The predicted octanol–water partition coefficient (Wildman–Crippen LogP) is 1.22. The number of carbonyl (C=O) groups is 1. The summed E-state index contributed by atoms with van der Waals surface area (Å²) in [7, 11) is -3.63. The number of benzene rings is 1. The third kappa shape index (κ3) is 2.23. The van der Waals surface area contributed by atoms with Crippen molar-refractivity contribution in [2.75, 3.05) is 19.6 Å². The van der Waals surface area contributed by atoms with E-state index in [4.69, 9.17) is 0 Å². The van der Waals surface area contributed by atoms with Crippen molar-refractivity contribution in [3.05, 3.63) is 29.8 Å². The quantitative estimate of drug-likeness (QED) is 0.910. The molecule has 1 N–H and O–H groups in total. The van der Waals surface area contributed by atoms with Gasteiger partial charge in [0.1, 0.15) is 4.90 Å². The number of nitrogens with zero attached hydrogens (tertiary/aromatic N) is 1. The van der Waals surface area contributed by atoms with Crippen molar-refractivity contribution in [3.8, 4) is 0 Å². The van der Waals surface area contributed by atoms with Gasteiger partial charge in [0.15, 0.2) is 0 Å². The molecule has 2 aliphatic rings. The van der Waals surface area contributed by atoms with Gasteiger partial charge in [0.05, 0.1) is 5.56 Å². The largest absolute Gasteiger partial charge is 0.317 e. The van der Waals surface area contributed by atoms with E-state index in [0.29, 0.717) is 18.0 Å². The molecule has 1 saturated heterocycles. The Hall–Kier alpha value is -1.40. The molecule has 1 amide bonds. The lowest BCUT2D eigenvalue weighted by Gasteiger charge is -2.24. The summed E-state index contributed by atoms with van der Waals surface area (Å²) in [4.78, 5) is 12.4. The van der Waals surface area contributed by atoms with E-state index in [9.17, 15) is 13.2 Å². The molecule has 1 fully saturated rings. The van der Waals surface area contributed by atoms with Crippen molar-refractivity contribution in [3.63, 3.8) is 0 Å². The summed E-state index contributed by atoms with van der Waals surface area (Å²) in [5.74, 6) is 0.123. The number of hydrogen-bond donors (Lipinski definition) is 1. The van der Waals surface area contributed by atoms with Crippen LogP contribution in [0.3, 0.4) is 0 Å². The number of amides is 1. The third-order valence-electron chi connectivity index (χ3n) is 4.11. The van der Waals surface area contributed by atoms with Crippen LogP contribution in [-0.2, 0) is 10.0 Å². The van der Waals surface area contributed by atoms with Crippen molar-refractivity contribution in [2.45, 2.75) is 24.2 Å². The maximum absolute atomic E-state index is 12.4. The molecule has 1 aromatic rings. The molecule has 6 heteroatoms. The van der Waals surface area contributed by atoms with E-state index in [-0.39, 0.29) is 10.8 Å². The summed E-state index contributed by atoms with van der Waals surface area (Å²) < 4.78 is 25.8. The molecule has 0 bridgehead atoms. The average Bonchev–Trinajstić information content (AvgIpc) is 2.66. The molecule has 0 aromatic heterocycles. The molecule has 20 heavy (non-hydrogen) atoms. The van der Waals surface area contributed by atoms with Gasteiger partial charge in [-0.25, -0.2) is 12.7 Å². The zero-order valence-corrected chi connectivity index (χ0v) is 12.0. The van der Waals surface area contributed by atoms with Crippen molar-refractivity contribution in [1.82, 2.24) is 9.62 Å². The molecule has 0 unspecified atom stereocenters. The minimum atomic E-state index is -3.63. The lowest BCUT2D eigenvalue weighted by Crippen LogP contribution is -2.34. The summed E-state index contributed by atoms with van der Waals surface area (Å²) in [6.45, 7) is 2.25. The number of sulfonamides is 1. The van der Waals surface area contributed by atoms with Crippen LogP contribution in [0.25, 0.3) is 0 Å². The Bertz CT molecular complexity index is 621. The highest BCUT2D eigenvalue weighted by Crippen LogP contribution is 2.30. The number of fused-ring (bicyclic) bond motifs is 1. The number of carbonyl (C=O) groups excluding carboxylic acids is 1. The van der Waals surface area contributed by atoms with E-state index in [2.05, 4.69) is 5.32 Å². The van der Waals surface area contributed by atoms with Crippen molar-refractivity contribution in [2.24, 2.45) is 5.92 Å². The van der Waals surface area contributed by atoms with Gasteiger partial charge in [-0.1, -0.05) is 12.1 Å². The zero-order chi connectivity index (χ0) is 14.2. The maximum Gasteiger partial charge on any atom is 0.269 e. The maximum atomic E-state index is 12.4. The van der Waals surface area contributed by atoms with Crippen molar-refractivity contribution in [1.29, 1.82) is 0 Å². The zero-order valence-electron chi connectivity index (χ0n) is 11.2. The highest BCUT2D eigenvalue weighted by molar-refractivity contribution is 7.90. The van der Waals surface area contributed by atoms with Gasteiger partial charge in [0.25, 0.3) is 15.9 Å². The summed E-state index contributed by atoms with van der Waals surface area (Å²) in [5.41, 5.74) is 0.304. The van der Waals surface area contributed by atoms with Crippen LogP contribution in [0.15, 0.2) is 29.2 Å². The Morgan fingerprint density at radius 1 is 1.20 bits per heavy atom. The van der Waals surface area contributed by atoms with Gasteiger partial charge in [-0.3, -0.25) is 4.79 Å². The van der Waals surface area contributed by atoms with E-state index in [0.717, 1.165) is 36.7 Å². The van der Waals surface area contributed by atoms with E-state index in [1.54, 1.807) is 18.2 Å². The van der Waals surface area contributed by atoms with Crippen LogP contribution in [0.2, 0.25) is 0 Å². The second-order valence-corrected chi connectivity index (χ2v) is 7.19. The van der Waals surface area contributed by atoms with Gasteiger partial charge in [-0.05, 0) is 50.4 Å². The standard InChI is InChI=1S/C14H18N2O3S/c17-14-12-3-1-2-4-13(12)20(18,19)16(14)10-7-11-5-8-15-9-6-11/h1-4,11,15H,5-10H2. The monoisotopic (exact) mass is 294 g/mol. The Labute approximate surface area is 119 Å². The van der Waals surface area contributed by atoms with Gasteiger partial charge >= 0.3 is 0 Å². The SMILES string of the molecule is O=C1c2ccccc2S(=O)(=O)N1CCC1CCNCC1. The second kappa shape index (κ2) is 5.18. The van der Waals surface area contributed by atoms with Crippen LogP contribution in [0.5, 0.6) is 0 Å². The fourth-order valence-electron chi connectivity index (χ4n) is 2.92. The minimum Gasteiger partial charge on any atom is -0.317 e. The average molecular weight is 294 g/mol. The van der Waals surface area contributed by atoms with Crippen LogP contribution >= 0.6 is 0 Å². The second-order valence-electron chi connectivity index (χ2n) is 5.36. The molecule has 2 heterocycles. The van der Waals surface area contributed by atoms with Gasteiger partial charge < -0.3 is 5.32 Å². The highest BCUT2D eigenvalue weighted by atomic mass is 32.2. The van der Waals surface area contributed by atoms with E-state index in [1.165, 1.54) is 6.07 Å². The van der Waals surface area contributed by atoms with Gasteiger partial charge in [-0.15, -0.1) is 0 Å². The Morgan fingerprint density at radius 2 is 1.90 bits per heavy atom. The fourth-order valence-corrected chi connectivity index (χ4v) is 4.51. The third-order valence-corrected chi connectivity index (χ3v) is 5.95. The van der Waals surface area contributed by atoms with Gasteiger partial charge in [0.2, 0.25) is 0 Å². The van der Waals surface area contributed by atoms with Gasteiger partial charge in [0, 0.05) is 6.54 Å². The molecule has 5 nitrogen and oxygen atoms in total.